The summed E-state index contributed by atoms with van der Waals surface area (Å²) in [6, 6.07) is 8.43. The number of anilines is 1. The molecule has 1 aliphatic rings. The maximum absolute atomic E-state index is 13.8. The third-order valence-corrected chi connectivity index (χ3v) is 3.92. The molecule has 0 fully saturated rings. The van der Waals surface area contributed by atoms with Crippen LogP contribution in [0.25, 0.3) is 0 Å². The minimum absolute atomic E-state index is 0.273. The topological polar surface area (TPSA) is 30.5 Å². The van der Waals surface area contributed by atoms with Crippen LogP contribution in [0.2, 0.25) is 5.02 Å². The fourth-order valence-corrected chi connectivity index (χ4v) is 2.61. The molecule has 21 heavy (non-hydrogen) atoms. The fraction of sp³-hybridized carbons (Fsp3) is 0.200. The van der Waals surface area contributed by atoms with E-state index in [1.165, 1.54) is 6.07 Å². The van der Waals surface area contributed by atoms with E-state index in [9.17, 15) is 4.39 Å². The molecule has 0 radical (unpaired) electrons. The smallest absolute Gasteiger partial charge is 0.163 e. The van der Waals surface area contributed by atoms with E-state index in [-0.39, 0.29) is 5.82 Å². The van der Waals surface area contributed by atoms with Crippen LogP contribution >= 0.6 is 27.5 Å². The maximum atomic E-state index is 13.8. The molecule has 0 aromatic heterocycles. The molecule has 110 valence electrons. The van der Waals surface area contributed by atoms with E-state index < -0.39 is 0 Å². The molecule has 6 heteroatoms. The average Bonchev–Trinajstić information content (AvgIpc) is 2.46. The van der Waals surface area contributed by atoms with Crippen LogP contribution in [-0.4, -0.2) is 13.2 Å². The van der Waals surface area contributed by atoms with E-state index in [2.05, 4.69) is 21.2 Å². The van der Waals surface area contributed by atoms with Crippen molar-refractivity contribution in [3.05, 3.63) is 51.2 Å². The molecule has 0 unspecified atom stereocenters. The van der Waals surface area contributed by atoms with Crippen molar-refractivity contribution in [3.8, 4) is 11.5 Å². The number of halogens is 3. The van der Waals surface area contributed by atoms with E-state index in [1.807, 2.05) is 0 Å². The van der Waals surface area contributed by atoms with Crippen LogP contribution in [0.1, 0.15) is 5.56 Å². The van der Waals surface area contributed by atoms with Gasteiger partial charge in [-0.25, -0.2) is 4.39 Å². The summed E-state index contributed by atoms with van der Waals surface area (Å²) in [4.78, 5) is 0. The Bertz CT molecular complexity index is 681. The second kappa shape index (κ2) is 6.12. The molecule has 1 aliphatic heterocycles. The molecule has 2 aromatic rings. The third kappa shape index (κ3) is 3.24. The second-order valence-corrected chi connectivity index (χ2v) is 5.89. The van der Waals surface area contributed by atoms with Gasteiger partial charge >= 0.3 is 0 Å². The van der Waals surface area contributed by atoms with Crippen LogP contribution in [0, 0.1) is 5.82 Å². The van der Waals surface area contributed by atoms with Gasteiger partial charge < -0.3 is 14.8 Å². The number of fused-ring (bicyclic) bond motifs is 1. The number of ether oxygens (including phenoxy) is 2. The van der Waals surface area contributed by atoms with Crippen molar-refractivity contribution in [2.24, 2.45) is 0 Å². The normalized spacial score (nSPS) is 13.1. The Hall–Kier alpha value is -1.46. The summed E-state index contributed by atoms with van der Waals surface area (Å²) in [5.74, 6) is 1.00. The molecule has 1 N–H and O–H groups in total. The van der Waals surface area contributed by atoms with Crippen LogP contribution in [0.5, 0.6) is 11.5 Å². The Labute approximate surface area is 135 Å². The van der Waals surface area contributed by atoms with Crippen molar-refractivity contribution in [3.63, 3.8) is 0 Å². The largest absolute Gasteiger partial charge is 0.486 e. The van der Waals surface area contributed by atoms with E-state index >= 15 is 0 Å². The second-order valence-electron chi connectivity index (χ2n) is 4.56. The number of benzene rings is 2. The van der Waals surface area contributed by atoms with Gasteiger partial charge in [0.1, 0.15) is 19.0 Å². The van der Waals surface area contributed by atoms with Crippen molar-refractivity contribution in [2.45, 2.75) is 6.54 Å². The Kier molecular flexibility index (Phi) is 4.22. The molecule has 3 nitrogen and oxygen atoms in total. The van der Waals surface area contributed by atoms with E-state index in [4.69, 9.17) is 21.1 Å². The first kappa shape index (κ1) is 14.5. The minimum Gasteiger partial charge on any atom is -0.486 e. The maximum Gasteiger partial charge on any atom is 0.163 e. The van der Waals surface area contributed by atoms with Gasteiger partial charge in [-0.2, -0.15) is 0 Å². The zero-order valence-corrected chi connectivity index (χ0v) is 13.3. The van der Waals surface area contributed by atoms with Crippen LogP contribution in [0.3, 0.4) is 0 Å². The molecule has 0 atom stereocenters. The Morgan fingerprint density at radius 3 is 2.57 bits per heavy atom. The van der Waals surface area contributed by atoms with Gasteiger partial charge in [-0.1, -0.05) is 33.6 Å². The van der Waals surface area contributed by atoms with Crippen LogP contribution < -0.4 is 14.8 Å². The van der Waals surface area contributed by atoms with Crippen molar-refractivity contribution in [2.75, 3.05) is 18.5 Å². The first-order valence-electron chi connectivity index (χ1n) is 6.40. The van der Waals surface area contributed by atoms with E-state index in [1.54, 1.807) is 24.3 Å². The van der Waals surface area contributed by atoms with Gasteiger partial charge in [0.15, 0.2) is 11.5 Å². The number of hydrogen-bond donors (Lipinski definition) is 1. The molecule has 0 spiro atoms. The molecule has 3 rings (SSSR count). The van der Waals surface area contributed by atoms with Gasteiger partial charge in [-0.05, 0) is 12.1 Å². The van der Waals surface area contributed by atoms with E-state index in [0.29, 0.717) is 52.0 Å². The summed E-state index contributed by atoms with van der Waals surface area (Å²) >= 11 is 9.43. The minimum atomic E-state index is -0.273. The molecule has 0 amide bonds. The highest BCUT2D eigenvalue weighted by Gasteiger charge is 2.15. The lowest BCUT2D eigenvalue weighted by Crippen LogP contribution is -2.15. The SMILES string of the molecule is Fc1cc(Br)ccc1CNc1cc2c(cc1Cl)OCCO2. The van der Waals surface area contributed by atoms with Gasteiger partial charge in [0, 0.05) is 28.7 Å². The monoisotopic (exact) mass is 371 g/mol. The molecule has 1 heterocycles. The molecule has 0 saturated heterocycles. The molecular weight excluding hydrogens is 361 g/mol. The average molecular weight is 373 g/mol. The van der Waals surface area contributed by atoms with Crippen molar-refractivity contribution in [1.29, 1.82) is 0 Å². The van der Waals surface area contributed by atoms with Gasteiger partial charge in [0.25, 0.3) is 0 Å². The molecular formula is C15H12BrClFNO2. The molecule has 0 bridgehead atoms. The van der Waals surface area contributed by atoms with Crippen LogP contribution in [-0.2, 0) is 6.54 Å². The quantitative estimate of drug-likeness (QED) is 0.852. The molecule has 0 aliphatic carbocycles. The summed E-state index contributed by atoms with van der Waals surface area (Å²) in [5, 5.41) is 3.63. The Morgan fingerprint density at radius 2 is 1.86 bits per heavy atom. The number of rotatable bonds is 3. The third-order valence-electron chi connectivity index (χ3n) is 3.12. The highest BCUT2D eigenvalue weighted by molar-refractivity contribution is 9.10. The standard InChI is InChI=1S/C15H12BrClFNO2/c16-10-2-1-9(12(18)5-10)8-19-13-7-15-14(6-11(13)17)20-3-4-21-15/h1-2,5-7,19H,3-4,8H2. The first-order valence-corrected chi connectivity index (χ1v) is 7.57. The molecule has 2 aromatic carbocycles. The lowest BCUT2D eigenvalue weighted by atomic mass is 10.2. The Balaban J connectivity index is 1.78. The lowest BCUT2D eigenvalue weighted by molar-refractivity contribution is 0.171. The van der Waals surface area contributed by atoms with Crippen LogP contribution in [0.4, 0.5) is 10.1 Å². The van der Waals surface area contributed by atoms with Crippen molar-refractivity contribution < 1.29 is 13.9 Å². The van der Waals surface area contributed by atoms with Gasteiger partial charge in [-0.15, -0.1) is 0 Å². The molecule has 0 saturated carbocycles. The summed E-state index contributed by atoms with van der Waals surface area (Å²) < 4.78 is 25.4. The first-order chi connectivity index (χ1) is 10.1. The van der Waals surface area contributed by atoms with Gasteiger partial charge in [-0.3, -0.25) is 0 Å². The highest BCUT2D eigenvalue weighted by atomic mass is 79.9. The predicted molar refractivity (Wildman–Crippen MR) is 83.9 cm³/mol. The van der Waals surface area contributed by atoms with Crippen LogP contribution in [0.15, 0.2) is 34.8 Å². The Morgan fingerprint density at radius 1 is 1.14 bits per heavy atom. The summed E-state index contributed by atoms with van der Waals surface area (Å²) in [5.41, 5.74) is 1.24. The summed E-state index contributed by atoms with van der Waals surface area (Å²) in [6.07, 6.45) is 0. The van der Waals surface area contributed by atoms with E-state index in [0.717, 1.165) is 0 Å². The highest BCUT2D eigenvalue weighted by Crippen LogP contribution is 2.38. The number of nitrogens with one attached hydrogen (secondary N) is 1. The fourth-order valence-electron chi connectivity index (χ4n) is 2.05. The summed E-state index contributed by atoms with van der Waals surface area (Å²) in [7, 11) is 0. The predicted octanol–water partition coefficient (Wildman–Crippen LogP) is 4.62. The summed E-state index contributed by atoms with van der Waals surface area (Å²) in [6.45, 7) is 1.36. The van der Waals surface area contributed by atoms with Crippen molar-refractivity contribution in [1.82, 2.24) is 0 Å². The van der Waals surface area contributed by atoms with Gasteiger partial charge in [0.05, 0.1) is 10.7 Å². The van der Waals surface area contributed by atoms with Crippen molar-refractivity contribution >= 4 is 33.2 Å². The van der Waals surface area contributed by atoms with Gasteiger partial charge in [0.2, 0.25) is 0 Å². The number of hydrogen-bond acceptors (Lipinski definition) is 3. The zero-order valence-electron chi connectivity index (χ0n) is 11.0. The lowest BCUT2D eigenvalue weighted by Gasteiger charge is -2.20. The zero-order chi connectivity index (χ0) is 14.8.